The largest absolute Gasteiger partial charge is 0.376 e. The molecule has 0 saturated carbocycles. The molecule has 20 heavy (non-hydrogen) atoms. The molecule has 5 heteroatoms. The molecule has 0 fully saturated rings. The van der Waals surface area contributed by atoms with Crippen LogP contribution in [0.1, 0.15) is 39.1 Å². The number of benzene rings is 1. The fourth-order valence-electron chi connectivity index (χ4n) is 1.49. The molecule has 4 nitrogen and oxygen atoms in total. The lowest BCUT2D eigenvalue weighted by Gasteiger charge is -2.25. The van der Waals surface area contributed by atoms with Gasteiger partial charge in [-0.3, -0.25) is 4.57 Å². The molecule has 114 valence electrons. The van der Waals surface area contributed by atoms with Gasteiger partial charge < -0.3 is 14.2 Å². The van der Waals surface area contributed by atoms with Gasteiger partial charge in [0.15, 0.2) is 5.85 Å². The van der Waals surface area contributed by atoms with E-state index in [1.165, 1.54) is 0 Å². The average Bonchev–Trinajstić information content (AvgIpc) is 2.43. The van der Waals surface area contributed by atoms with E-state index in [1.54, 1.807) is 24.3 Å². The fraction of sp³-hybridized carbons (Fsp3) is 0.600. The van der Waals surface area contributed by atoms with Gasteiger partial charge in [0.2, 0.25) is 0 Å². The van der Waals surface area contributed by atoms with Crippen molar-refractivity contribution in [1.82, 2.24) is 0 Å². The van der Waals surface area contributed by atoms with Crippen LogP contribution in [0.4, 0.5) is 0 Å². The van der Waals surface area contributed by atoms with Gasteiger partial charge in [0.25, 0.3) is 0 Å². The van der Waals surface area contributed by atoms with Crippen LogP contribution in [0.3, 0.4) is 0 Å². The summed E-state index contributed by atoms with van der Waals surface area (Å²) in [5, 5.41) is 10.4. The predicted octanol–water partition coefficient (Wildman–Crippen LogP) is 4.22. The molecule has 0 heterocycles. The second-order valence-corrected chi connectivity index (χ2v) is 7.79. The summed E-state index contributed by atoms with van der Waals surface area (Å²) in [6.07, 6.45) is 0. The molecule has 0 aliphatic heterocycles. The van der Waals surface area contributed by atoms with E-state index in [2.05, 4.69) is 0 Å². The van der Waals surface area contributed by atoms with Gasteiger partial charge in [-0.2, -0.15) is 0 Å². The SMILES string of the molecule is CC(C)COP(=O)(OCC(C)C)C(O)c1ccccc1. The third-order valence-electron chi connectivity index (χ3n) is 2.57. The monoisotopic (exact) mass is 300 g/mol. The summed E-state index contributed by atoms with van der Waals surface area (Å²) < 4.78 is 23.7. The molecule has 1 rings (SSSR count). The van der Waals surface area contributed by atoms with Crippen molar-refractivity contribution < 1.29 is 18.7 Å². The summed E-state index contributed by atoms with van der Waals surface area (Å²) in [5.74, 6) is -0.816. The minimum atomic E-state index is -3.58. The first-order valence-corrected chi connectivity index (χ1v) is 8.58. The Morgan fingerprint density at radius 2 is 1.45 bits per heavy atom. The Kier molecular flexibility index (Phi) is 6.90. The summed E-state index contributed by atoms with van der Waals surface area (Å²) >= 11 is 0. The number of aliphatic hydroxyl groups excluding tert-OH is 1. The highest BCUT2D eigenvalue weighted by Crippen LogP contribution is 2.60. The smallest absolute Gasteiger partial charge is 0.363 e. The van der Waals surface area contributed by atoms with Crippen LogP contribution in [0.2, 0.25) is 0 Å². The third-order valence-corrected chi connectivity index (χ3v) is 4.49. The summed E-state index contributed by atoms with van der Waals surface area (Å²) in [6, 6.07) is 8.84. The summed E-state index contributed by atoms with van der Waals surface area (Å²) in [5.41, 5.74) is 0.545. The van der Waals surface area contributed by atoms with Gasteiger partial charge in [-0.1, -0.05) is 58.0 Å². The number of hydrogen-bond acceptors (Lipinski definition) is 4. The predicted molar refractivity (Wildman–Crippen MR) is 80.6 cm³/mol. The highest BCUT2D eigenvalue weighted by molar-refractivity contribution is 7.54. The van der Waals surface area contributed by atoms with Gasteiger partial charge in [-0.25, -0.2) is 0 Å². The molecule has 0 aromatic heterocycles. The second kappa shape index (κ2) is 7.94. The molecular formula is C15H25O4P. The summed E-state index contributed by atoms with van der Waals surface area (Å²) in [6.45, 7) is 8.42. The van der Waals surface area contributed by atoms with E-state index < -0.39 is 13.4 Å². The third kappa shape index (κ3) is 5.37. The van der Waals surface area contributed by atoms with Crippen molar-refractivity contribution >= 4 is 7.60 Å². The van der Waals surface area contributed by atoms with Crippen LogP contribution < -0.4 is 0 Å². The van der Waals surface area contributed by atoms with Gasteiger partial charge in [-0.15, -0.1) is 0 Å². The lowest BCUT2D eigenvalue weighted by molar-refractivity contribution is 0.124. The van der Waals surface area contributed by atoms with E-state index >= 15 is 0 Å². The standard InChI is InChI=1S/C15H25O4P/c1-12(2)10-18-20(17,19-11-13(3)4)15(16)14-8-6-5-7-9-14/h5-9,12-13,15-16H,10-11H2,1-4H3. The van der Waals surface area contributed by atoms with Crippen molar-refractivity contribution in [2.24, 2.45) is 11.8 Å². The van der Waals surface area contributed by atoms with Crippen LogP contribution in [-0.4, -0.2) is 18.3 Å². The summed E-state index contributed by atoms with van der Waals surface area (Å²) in [4.78, 5) is 0. The second-order valence-electron chi connectivity index (χ2n) is 5.70. The molecule has 0 saturated heterocycles. The lowest BCUT2D eigenvalue weighted by Crippen LogP contribution is -2.11. The molecule has 1 aromatic rings. The van der Waals surface area contributed by atoms with E-state index in [-0.39, 0.29) is 11.8 Å². The van der Waals surface area contributed by atoms with Crippen LogP contribution in [0, 0.1) is 11.8 Å². The molecule has 0 aliphatic carbocycles. The summed E-state index contributed by atoms with van der Waals surface area (Å²) in [7, 11) is -3.58. The Labute approximate surface area is 121 Å². The highest BCUT2D eigenvalue weighted by Gasteiger charge is 2.36. The average molecular weight is 300 g/mol. The van der Waals surface area contributed by atoms with E-state index in [0.29, 0.717) is 18.8 Å². The molecule has 0 amide bonds. The molecule has 0 aliphatic rings. The number of hydrogen-bond donors (Lipinski definition) is 1. The Morgan fingerprint density at radius 1 is 1.00 bits per heavy atom. The van der Waals surface area contributed by atoms with Gasteiger partial charge in [0, 0.05) is 0 Å². The van der Waals surface area contributed by atoms with Gasteiger partial charge >= 0.3 is 7.60 Å². The highest BCUT2D eigenvalue weighted by atomic mass is 31.2. The van der Waals surface area contributed by atoms with Crippen molar-refractivity contribution in [2.45, 2.75) is 33.5 Å². The minimum Gasteiger partial charge on any atom is -0.376 e. The molecule has 0 radical (unpaired) electrons. The zero-order valence-corrected chi connectivity index (χ0v) is 13.5. The lowest BCUT2D eigenvalue weighted by atomic mass is 10.2. The van der Waals surface area contributed by atoms with E-state index in [9.17, 15) is 9.67 Å². The van der Waals surface area contributed by atoms with Crippen molar-refractivity contribution in [3.63, 3.8) is 0 Å². The Bertz CT molecular complexity index is 415. The van der Waals surface area contributed by atoms with Crippen LogP contribution in [0.25, 0.3) is 0 Å². The maximum absolute atomic E-state index is 12.8. The number of aliphatic hydroxyl groups is 1. The quantitative estimate of drug-likeness (QED) is 0.730. The first-order valence-electron chi connectivity index (χ1n) is 6.97. The minimum absolute atomic E-state index is 0.217. The maximum Gasteiger partial charge on any atom is 0.363 e. The molecule has 1 atom stereocenters. The Hall–Kier alpha value is -0.670. The van der Waals surface area contributed by atoms with Crippen LogP contribution in [-0.2, 0) is 13.6 Å². The first-order chi connectivity index (χ1) is 9.35. The normalized spacial score (nSPS) is 13.9. The topological polar surface area (TPSA) is 55.8 Å². The zero-order valence-electron chi connectivity index (χ0n) is 12.7. The molecule has 1 N–H and O–H groups in total. The molecule has 0 spiro atoms. The van der Waals surface area contributed by atoms with Crippen molar-refractivity contribution in [1.29, 1.82) is 0 Å². The van der Waals surface area contributed by atoms with Crippen LogP contribution in [0.15, 0.2) is 30.3 Å². The fourth-order valence-corrected chi connectivity index (χ4v) is 3.40. The molecular weight excluding hydrogens is 275 g/mol. The van der Waals surface area contributed by atoms with Crippen molar-refractivity contribution in [3.05, 3.63) is 35.9 Å². The van der Waals surface area contributed by atoms with E-state index in [4.69, 9.17) is 9.05 Å². The van der Waals surface area contributed by atoms with Crippen LogP contribution in [0.5, 0.6) is 0 Å². The zero-order chi connectivity index (χ0) is 15.2. The molecule has 1 aromatic carbocycles. The van der Waals surface area contributed by atoms with Crippen molar-refractivity contribution in [2.75, 3.05) is 13.2 Å². The number of rotatable bonds is 8. The van der Waals surface area contributed by atoms with E-state index in [0.717, 1.165) is 0 Å². The van der Waals surface area contributed by atoms with Gasteiger partial charge in [0.1, 0.15) is 0 Å². The first kappa shape index (κ1) is 17.4. The van der Waals surface area contributed by atoms with Crippen LogP contribution >= 0.6 is 7.60 Å². The molecule has 1 unspecified atom stereocenters. The van der Waals surface area contributed by atoms with E-state index in [1.807, 2.05) is 33.8 Å². The molecule has 0 bridgehead atoms. The Morgan fingerprint density at radius 3 is 1.85 bits per heavy atom. The van der Waals surface area contributed by atoms with Crippen molar-refractivity contribution in [3.8, 4) is 0 Å². The Balaban J connectivity index is 2.88. The van der Waals surface area contributed by atoms with Gasteiger partial charge in [-0.05, 0) is 17.4 Å². The van der Waals surface area contributed by atoms with Gasteiger partial charge in [0.05, 0.1) is 13.2 Å². The maximum atomic E-state index is 12.8.